The monoisotopic (exact) mass is 268 g/mol. The van der Waals surface area contributed by atoms with Crippen LogP contribution in [-0.2, 0) is 11.3 Å². The van der Waals surface area contributed by atoms with E-state index in [0.717, 1.165) is 0 Å². The number of hydrogen-bond acceptors (Lipinski definition) is 5. The maximum absolute atomic E-state index is 11.2. The molecule has 1 aliphatic heterocycles. The molecule has 1 amide bonds. The first-order valence-electron chi connectivity index (χ1n) is 5.97. The fraction of sp³-hybridized carbons (Fsp3) is 0.500. The average Bonchev–Trinajstić information content (AvgIpc) is 2.87. The van der Waals surface area contributed by atoms with Gasteiger partial charge in [0.05, 0.1) is 13.7 Å². The molecule has 0 atom stereocenters. The molecule has 104 valence electrons. The number of carboxylic acid groups (broad SMARTS) is 1. The second-order valence-corrected chi connectivity index (χ2v) is 4.30. The molecule has 0 saturated carbocycles. The Morgan fingerprint density at radius 3 is 2.58 bits per heavy atom. The number of ether oxygens (including phenoxy) is 1. The number of hydrogen-bond donors (Lipinski definition) is 1. The lowest BCUT2D eigenvalue weighted by molar-refractivity contribution is 0.0558. The summed E-state index contributed by atoms with van der Waals surface area (Å²) in [6.45, 7) is 2.84. The zero-order valence-electron chi connectivity index (χ0n) is 10.7. The first kappa shape index (κ1) is 13.4. The molecule has 0 aromatic carbocycles. The van der Waals surface area contributed by atoms with Gasteiger partial charge in [0.15, 0.2) is 0 Å². The number of carbonyl (C=O) groups excluding carboxylic acids is 1. The minimum absolute atomic E-state index is 0.182. The van der Waals surface area contributed by atoms with Crippen LogP contribution in [0.5, 0.6) is 0 Å². The molecule has 7 heteroatoms. The number of rotatable bonds is 3. The van der Waals surface area contributed by atoms with Crippen LogP contribution in [0.2, 0.25) is 0 Å². The zero-order valence-corrected chi connectivity index (χ0v) is 10.7. The maximum Gasteiger partial charge on any atom is 0.407 e. The first-order chi connectivity index (χ1) is 9.10. The van der Waals surface area contributed by atoms with E-state index in [9.17, 15) is 9.59 Å². The maximum atomic E-state index is 11.2. The van der Waals surface area contributed by atoms with Crippen LogP contribution in [0.15, 0.2) is 16.5 Å². The SMILES string of the molecule is COC(=O)c1ccc(CN2CCN(C(=O)O)CC2)o1. The van der Waals surface area contributed by atoms with Crippen LogP contribution < -0.4 is 0 Å². The van der Waals surface area contributed by atoms with E-state index in [1.54, 1.807) is 12.1 Å². The normalized spacial score (nSPS) is 16.4. The van der Waals surface area contributed by atoms with Crippen molar-refractivity contribution in [3.8, 4) is 0 Å². The van der Waals surface area contributed by atoms with Gasteiger partial charge in [0, 0.05) is 26.2 Å². The fourth-order valence-electron chi connectivity index (χ4n) is 1.99. The lowest BCUT2D eigenvalue weighted by Gasteiger charge is -2.32. The quantitative estimate of drug-likeness (QED) is 0.819. The van der Waals surface area contributed by atoms with E-state index in [2.05, 4.69) is 9.64 Å². The van der Waals surface area contributed by atoms with Gasteiger partial charge in [0.1, 0.15) is 5.76 Å². The highest BCUT2D eigenvalue weighted by molar-refractivity contribution is 5.86. The summed E-state index contributed by atoms with van der Waals surface area (Å²) in [5.41, 5.74) is 0. The Morgan fingerprint density at radius 2 is 2.00 bits per heavy atom. The molecule has 0 radical (unpaired) electrons. The summed E-state index contributed by atoms with van der Waals surface area (Å²) in [6.07, 6.45) is -0.884. The number of amides is 1. The van der Waals surface area contributed by atoms with Crippen molar-refractivity contribution in [3.63, 3.8) is 0 Å². The molecule has 7 nitrogen and oxygen atoms in total. The highest BCUT2D eigenvalue weighted by atomic mass is 16.5. The largest absolute Gasteiger partial charge is 0.465 e. The highest BCUT2D eigenvalue weighted by Gasteiger charge is 2.21. The summed E-state index contributed by atoms with van der Waals surface area (Å²) in [7, 11) is 1.30. The third-order valence-corrected chi connectivity index (χ3v) is 3.07. The Kier molecular flexibility index (Phi) is 4.06. The Bertz CT molecular complexity index is 462. The second-order valence-electron chi connectivity index (χ2n) is 4.30. The number of piperazine rings is 1. The lowest BCUT2D eigenvalue weighted by atomic mass is 10.3. The molecule has 0 aliphatic carbocycles. The molecule has 1 aliphatic rings. The predicted molar refractivity (Wildman–Crippen MR) is 64.9 cm³/mol. The van der Waals surface area contributed by atoms with Crippen LogP contribution in [0.1, 0.15) is 16.3 Å². The van der Waals surface area contributed by atoms with E-state index < -0.39 is 12.1 Å². The third kappa shape index (κ3) is 3.25. The van der Waals surface area contributed by atoms with Crippen LogP contribution in [-0.4, -0.2) is 60.3 Å². The van der Waals surface area contributed by atoms with Gasteiger partial charge in [-0.3, -0.25) is 4.90 Å². The Labute approximate surface area is 110 Å². The highest BCUT2D eigenvalue weighted by Crippen LogP contribution is 2.13. The average molecular weight is 268 g/mol. The van der Waals surface area contributed by atoms with Crippen LogP contribution >= 0.6 is 0 Å². The van der Waals surface area contributed by atoms with Crippen molar-refractivity contribution in [2.24, 2.45) is 0 Å². The van der Waals surface area contributed by atoms with Crippen LogP contribution in [0, 0.1) is 0 Å². The standard InChI is InChI=1S/C12H16N2O5/c1-18-11(15)10-3-2-9(19-10)8-13-4-6-14(7-5-13)12(16)17/h2-3H,4-8H2,1H3,(H,16,17). The molecule has 2 heterocycles. The summed E-state index contributed by atoms with van der Waals surface area (Å²) in [5, 5.41) is 8.84. The van der Waals surface area contributed by atoms with E-state index in [4.69, 9.17) is 9.52 Å². The molecular formula is C12H16N2O5. The smallest absolute Gasteiger partial charge is 0.407 e. The summed E-state index contributed by atoms with van der Waals surface area (Å²) < 4.78 is 9.93. The third-order valence-electron chi connectivity index (χ3n) is 3.07. The number of esters is 1. The number of furan rings is 1. The van der Waals surface area contributed by atoms with Gasteiger partial charge >= 0.3 is 12.1 Å². The van der Waals surface area contributed by atoms with Gasteiger partial charge in [-0.05, 0) is 12.1 Å². The zero-order chi connectivity index (χ0) is 13.8. The van der Waals surface area contributed by atoms with Crippen molar-refractivity contribution < 1.29 is 23.8 Å². The van der Waals surface area contributed by atoms with Gasteiger partial charge in [-0.1, -0.05) is 0 Å². The lowest BCUT2D eigenvalue weighted by Crippen LogP contribution is -2.47. The molecule has 1 saturated heterocycles. The van der Waals surface area contributed by atoms with Crippen molar-refractivity contribution in [2.75, 3.05) is 33.3 Å². The van der Waals surface area contributed by atoms with Crippen molar-refractivity contribution >= 4 is 12.1 Å². The molecule has 0 spiro atoms. The van der Waals surface area contributed by atoms with E-state index in [0.29, 0.717) is 38.5 Å². The number of nitrogens with zero attached hydrogens (tertiary/aromatic N) is 2. The van der Waals surface area contributed by atoms with Crippen molar-refractivity contribution in [1.29, 1.82) is 0 Å². The number of methoxy groups -OCH3 is 1. The van der Waals surface area contributed by atoms with Crippen molar-refractivity contribution in [1.82, 2.24) is 9.80 Å². The van der Waals surface area contributed by atoms with Crippen LogP contribution in [0.3, 0.4) is 0 Å². The summed E-state index contributed by atoms with van der Waals surface area (Å²) >= 11 is 0. The molecular weight excluding hydrogens is 252 g/mol. The van der Waals surface area contributed by atoms with Gasteiger partial charge in [-0.25, -0.2) is 9.59 Å². The van der Waals surface area contributed by atoms with Crippen LogP contribution in [0.25, 0.3) is 0 Å². The molecule has 1 fully saturated rings. The first-order valence-corrected chi connectivity index (χ1v) is 5.97. The molecule has 0 unspecified atom stereocenters. The van der Waals surface area contributed by atoms with Crippen molar-refractivity contribution in [2.45, 2.75) is 6.54 Å². The summed E-state index contributed by atoms with van der Waals surface area (Å²) in [4.78, 5) is 25.5. The predicted octanol–water partition coefficient (Wildman–Crippen LogP) is 0.862. The molecule has 1 N–H and O–H groups in total. The Hall–Kier alpha value is -2.02. The van der Waals surface area contributed by atoms with E-state index in [-0.39, 0.29) is 5.76 Å². The second kappa shape index (κ2) is 5.75. The summed E-state index contributed by atoms with van der Waals surface area (Å²) in [6, 6.07) is 3.31. The van der Waals surface area contributed by atoms with Gasteiger partial charge in [0.2, 0.25) is 5.76 Å². The molecule has 19 heavy (non-hydrogen) atoms. The summed E-state index contributed by atoms with van der Waals surface area (Å²) in [5.74, 6) is 0.354. The number of carbonyl (C=O) groups is 2. The van der Waals surface area contributed by atoms with Gasteiger partial charge in [-0.2, -0.15) is 0 Å². The van der Waals surface area contributed by atoms with Crippen molar-refractivity contribution in [3.05, 3.63) is 23.7 Å². The molecule has 1 aromatic heterocycles. The Morgan fingerprint density at radius 1 is 1.32 bits per heavy atom. The molecule has 0 bridgehead atoms. The van der Waals surface area contributed by atoms with Crippen LogP contribution in [0.4, 0.5) is 4.79 Å². The van der Waals surface area contributed by atoms with E-state index in [1.165, 1.54) is 12.0 Å². The molecule has 2 rings (SSSR count). The van der Waals surface area contributed by atoms with E-state index >= 15 is 0 Å². The fourth-order valence-corrected chi connectivity index (χ4v) is 1.99. The van der Waals surface area contributed by atoms with E-state index in [1.807, 2.05) is 0 Å². The van der Waals surface area contributed by atoms with Gasteiger partial charge in [0.25, 0.3) is 0 Å². The Balaban J connectivity index is 1.87. The molecule has 1 aromatic rings. The topological polar surface area (TPSA) is 83.2 Å². The minimum atomic E-state index is -0.884. The van der Waals surface area contributed by atoms with Gasteiger partial charge < -0.3 is 19.2 Å². The minimum Gasteiger partial charge on any atom is -0.465 e. The van der Waals surface area contributed by atoms with Gasteiger partial charge in [-0.15, -0.1) is 0 Å².